The molecule has 0 saturated carbocycles. The Morgan fingerprint density at radius 3 is 2.30 bits per heavy atom. The Morgan fingerprint density at radius 1 is 1.13 bits per heavy atom. The smallest absolute Gasteiger partial charge is 0.323 e. The van der Waals surface area contributed by atoms with E-state index in [1.54, 1.807) is 0 Å². The molecule has 1 aliphatic rings. The van der Waals surface area contributed by atoms with Crippen LogP contribution >= 0.6 is 15.2 Å². The van der Waals surface area contributed by atoms with E-state index in [2.05, 4.69) is 18.3 Å². The molecular weight excluding hydrogens is 340 g/mol. The van der Waals surface area contributed by atoms with Crippen molar-refractivity contribution in [2.45, 2.75) is 50.6 Å². The van der Waals surface area contributed by atoms with Gasteiger partial charge in [-0.05, 0) is 42.4 Å². The summed E-state index contributed by atoms with van der Waals surface area (Å²) in [4.78, 5) is 36.8. The molecule has 0 saturated heterocycles. The highest BCUT2D eigenvalue weighted by Gasteiger charge is 2.45. The Bertz CT molecular complexity index is 631. The Kier molecular flexibility index (Phi) is 5.85. The van der Waals surface area contributed by atoms with Gasteiger partial charge < -0.3 is 19.6 Å². The van der Waals surface area contributed by atoms with Crippen LogP contribution in [0.5, 0.6) is 0 Å². The minimum Gasteiger partial charge on any atom is -0.323 e. The second-order valence-electron chi connectivity index (χ2n) is 6.03. The molecule has 9 heteroatoms. The lowest BCUT2D eigenvalue weighted by atomic mass is 10.0. The van der Waals surface area contributed by atoms with Crippen LogP contribution in [-0.2, 0) is 28.4 Å². The molecule has 7 nitrogen and oxygen atoms in total. The van der Waals surface area contributed by atoms with Crippen LogP contribution < -0.4 is 5.32 Å². The molecule has 130 valence electrons. The minimum atomic E-state index is -4.94. The highest BCUT2D eigenvalue weighted by molar-refractivity contribution is 7.70. The van der Waals surface area contributed by atoms with Gasteiger partial charge in [-0.25, -0.2) is 0 Å². The molecule has 23 heavy (non-hydrogen) atoms. The van der Waals surface area contributed by atoms with Gasteiger partial charge in [0.1, 0.15) is 0 Å². The summed E-state index contributed by atoms with van der Waals surface area (Å²) in [5.74, 6) is 0. The molecule has 0 radical (unpaired) electrons. The van der Waals surface area contributed by atoms with Crippen molar-refractivity contribution in [1.29, 1.82) is 0 Å². The normalized spacial score (nSPS) is 18.4. The predicted octanol–water partition coefficient (Wildman–Crippen LogP) is 1.73. The molecular formula is C14H23NO6P2. The Labute approximate surface area is 135 Å². The van der Waals surface area contributed by atoms with E-state index in [9.17, 15) is 28.7 Å². The van der Waals surface area contributed by atoms with Crippen LogP contribution in [-0.4, -0.2) is 31.1 Å². The molecule has 1 aliphatic carbocycles. The fraction of sp³-hybridized carbons (Fsp3) is 0.571. The zero-order valence-corrected chi connectivity index (χ0v) is 14.7. The van der Waals surface area contributed by atoms with E-state index in [0.717, 1.165) is 30.4 Å². The summed E-state index contributed by atoms with van der Waals surface area (Å²) in [5, 5.41) is 2.48. The third-order valence-corrected chi connectivity index (χ3v) is 7.42. The number of hydrogen-bond acceptors (Lipinski definition) is 3. The fourth-order valence-electron chi connectivity index (χ4n) is 2.93. The van der Waals surface area contributed by atoms with Gasteiger partial charge in [0.2, 0.25) is 5.52 Å². The van der Waals surface area contributed by atoms with Gasteiger partial charge in [0.15, 0.2) is 0 Å². The van der Waals surface area contributed by atoms with E-state index >= 15 is 0 Å². The van der Waals surface area contributed by atoms with Gasteiger partial charge in [-0.15, -0.1) is 0 Å². The topological polar surface area (TPSA) is 127 Å². The zero-order valence-electron chi connectivity index (χ0n) is 12.9. The highest BCUT2D eigenvalue weighted by atomic mass is 31.2. The van der Waals surface area contributed by atoms with Gasteiger partial charge >= 0.3 is 15.2 Å². The van der Waals surface area contributed by atoms with Gasteiger partial charge in [-0.3, -0.25) is 14.4 Å². The number of unbranched alkanes of at least 4 members (excludes halogenated alkanes) is 1. The Balaban J connectivity index is 2.09. The van der Waals surface area contributed by atoms with Crippen molar-refractivity contribution in [1.82, 2.24) is 5.32 Å². The zero-order chi connectivity index (χ0) is 17.3. The van der Waals surface area contributed by atoms with Gasteiger partial charge in [-0.1, -0.05) is 31.5 Å². The van der Waals surface area contributed by atoms with Crippen LogP contribution in [0.25, 0.3) is 0 Å². The first-order valence-electron chi connectivity index (χ1n) is 7.58. The van der Waals surface area contributed by atoms with Crippen LogP contribution in [0.15, 0.2) is 18.2 Å². The number of rotatable bonds is 7. The van der Waals surface area contributed by atoms with E-state index in [-0.39, 0.29) is 0 Å². The van der Waals surface area contributed by atoms with Crippen LogP contribution in [0.2, 0.25) is 0 Å². The van der Waals surface area contributed by atoms with Crippen molar-refractivity contribution >= 4 is 15.2 Å². The molecule has 1 atom stereocenters. The summed E-state index contributed by atoms with van der Waals surface area (Å²) in [6.45, 7) is 2.12. The average molecular weight is 363 g/mol. The average Bonchev–Trinajstić information content (AvgIpc) is 2.82. The largest absolute Gasteiger partial charge is 0.354 e. The van der Waals surface area contributed by atoms with E-state index in [0.29, 0.717) is 12.8 Å². The van der Waals surface area contributed by atoms with Crippen LogP contribution in [0.1, 0.15) is 36.5 Å². The molecule has 0 amide bonds. The van der Waals surface area contributed by atoms with Crippen molar-refractivity contribution in [2.75, 3.05) is 0 Å². The molecule has 2 rings (SSSR count). The Hall–Kier alpha value is -0.520. The number of nitrogens with one attached hydrogen (secondary N) is 1. The van der Waals surface area contributed by atoms with Crippen molar-refractivity contribution < 1.29 is 28.7 Å². The van der Waals surface area contributed by atoms with E-state index in [4.69, 9.17) is 0 Å². The lowest BCUT2D eigenvalue weighted by Gasteiger charge is -2.24. The van der Waals surface area contributed by atoms with Gasteiger partial charge in [0.25, 0.3) is 0 Å². The van der Waals surface area contributed by atoms with E-state index in [1.807, 2.05) is 12.1 Å². The third-order valence-electron chi connectivity index (χ3n) is 4.04. The quantitative estimate of drug-likeness (QED) is 0.467. The van der Waals surface area contributed by atoms with Gasteiger partial charge in [0.05, 0.1) is 0 Å². The van der Waals surface area contributed by atoms with Crippen LogP contribution in [0, 0.1) is 0 Å². The van der Waals surface area contributed by atoms with E-state index < -0.39 is 26.8 Å². The Morgan fingerprint density at radius 2 is 1.74 bits per heavy atom. The lowest BCUT2D eigenvalue weighted by molar-refractivity contribution is 0.320. The standard InChI is InChI=1S/C14H23NO6P2/c1-2-3-4-10-5-6-11-8-13(9-12(11)7-10)15-14(22(16,17)18)23(19,20)21/h5-7,13-15H,2-4,8-9H2,1H3,(H2,16,17,18)(H2,19,20,21). The monoisotopic (exact) mass is 363 g/mol. The van der Waals surface area contributed by atoms with Gasteiger partial charge in [0, 0.05) is 6.04 Å². The molecule has 5 N–H and O–H groups in total. The maximum atomic E-state index is 11.4. The molecule has 0 bridgehead atoms. The van der Waals surface area contributed by atoms with Crippen LogP contribution in [0.4, 0.5) is 0 Å². The van der Waals surface area contributed by atoms with Crippen molar-refractivity contribution in [3.63, 3.8) is 0 Å². The summed E-state index contributed by atoms with van der Waals surface area (Å²) in [5.41, 5.74) is 1.20. The minimum absolute atomic E-state index is 0.392. The summed E-state index contributed by atoms with van der Waals surface area (Å²) in [6.07, 6.45) is 4.19. The van der Waals surface area contributed by atoms with Crippen molar-refractivity contribution in [3.05, 3.63) is 34.9 Å². The molecule has 0 aromatic heterocycles. The number of hydrogen-bond donors (Lipinski definition) is 5. The first-order chi connectivity index (χ1) is 10.6. The lowest BCUT2D eigenvalue weighted by Crippen LogP contribution is -2.38. The summed E-state index contributed by atoms with van der Waals surface area (Å²) in [6, 6.07) is 5.72. The van der Waals surface area contributed by atoms with Crippen molar-refractivity contribution in [3.8, 4) is 0 Å². The first-order valence-corrected chi connectivity index (χ1v) is 10.9. The highest BCUT2D eigenvalue weighted by Crippen LogP contribution is 2.58. The van der Waals surface area contributed by atoms with Crippen LogP contribution in [0.3, 0.4) is 0 Å². The number of benzene rings is 1. The SMILES string of the molecule is CCCCc1ccc2c(c1)CC(NC(P(=O)(O)O)P(=O)(O)O)C2. The second kappa shape index (κ2) is 7.16. The molecule has 0 aliphatic heterocycles. The molecule has 1 aromatic rings. The fourth-order valence-corrected chi connectivity index (χ4v) is 5.30. The molecule has 1 unspecified atom stereocenters. The summed E-state index contributed by atoms with van der Waals surface area (Å²) in [7, 11) is -9.89. The maximum Gasteiger partial charge on any atom is 0.354 e. The predicted molar refractivity (Wildman–Crippen MR) is 87.3 cm³/mol. The molecule has 0 fully saturated rings. The molecule has 1 aromatic carbocycles. The summed E-state index contributed by atoms with van der Waals surface area (Å²) < 4.78 is 22.7. The number of aryl methyl sites for hydroxylation is 1. The summed E-state index contributed by atoms with van der Waals surface area (Å²) >= 11 is 0. The molecule has 0 heterocycles. The number of fused-ring (bicyclic) bond motifs is 1. The first kappa shape index (κ1) is 18.8. The van der Waals surface area contributed by atoms with Crippen molar-refractivity contribution in [2.24, 2.45) is 0 Å². The van der Waals surface area contributed by atoms with Gasteiger partial charge in [-0.2, -0.15) is 0 Å². The third kappa shape index (κ3) is 4.97. The van der Waals surface area contributed by atoms with E-state index in [1.165, 1.54) is 5.56 Å². The second-order valence-corrected chi connectivity index (χ2v) is 9.83. The molecule has 0 spiro atoms. The maximum absolute atomic E-state index is 11.4.